The van der Waals surface area contributed by atoms with Gasteiger partial charge in [0.25, 0.3) is 5.91 Å². The fraction of sp³-hybridized carbons (Fsp3) is 0. The van der Waals surface area contributed by atoms with E-state index in [1.807, 2.05) is 0 Å². The quantitative estimate of drug-likeness (QED) is 0.632. The number of nitrogens with one attached hydrogen (secondary N) is 2. The van der Waals surface area contributed by atoms with E-state index in [0.29, 0.717) is 27.3 Å². The van der Waals surface area contributed by atoms with Crippen molar-refractivity contribution >= 4 is 51.6 Å². The molecule has 8 heteroatoms. The number of aromatic nitrogens is 3. The van der Waals surface area contributed by atoms with E-state index < -0.39 is 0 Å². The molecule has 0 spiro atoms. The molecule has 0 fully saturated rings. The number of amides is 1. The van der Waals surface area contributed by atoms with Crippen LogP contribution in [0.5, 0.6) is 0 Å². The van der Waals surface area contributed by atoms with Gasteiger partial charge in [0.2, 0.25) is 0 Å². The molecule has 1 amide bonds. The normalized spacial score (nSPS) is 10.8. The molecule has 3 aromatic rings. The minimum absolute atomic E-state index is 0.148. The first kappa shape index (κ1) is 13.7. The lowest BCUT2D eigenvalue weighted by atomic mass is 10.2. The largest absolute Gasteiger partial charge is 0.384 e. The molecular formula is C13H9Cl2N5O. The van der Waals surface area contributed by atoms with Crippen molar-refractivity contribution in [1.82, 2.24) is 15.2 Å². The lowest BCUT2D eigenvalue weighted by molar-refractivity contribution is 0.102. The number of fused-ring (bicyclic) bond motifs is 1. The molecule has 6 nitrogen and oxygen atoms in total. The van der Waals surface area contributed by atoms with Crippen molar-refractivity contribution in [2.45, 2.75) is 0 Å². The second-order valence-corrected chi connectivity index (χ2v) is 5.09. The SMILES string of the molecule is Nc1cc(C(=O)Nc2n[nH]c3c(Cl)cccc23)cc(Cl)n1. The maximum atomic E-state index is 12.2. The molecular weight excluding hydrogens is 313 g/mol. The predicted octanol–water partition coefficient (Wildman–Crippen LogP) is 3.10. The van der Waals surface area contributed by atoms with Crippen LogP contribution in [0, 0.1) is 0 Å². The number of aromatic amines is 1. The maximum Gasteiger partial charge on any atom is 0.257 e. The van der Waals surface area contributed by atoms with Crippen molar-refractivity contribution in [3.63, 3.8) is 0 Å². The summed E-state index contributed by atoms with van der Waals surface area (Å²) >= 11 is 11.8. The molecule has 2 heterocycles. The lowest BCUT2D eigenvalue weighted by Crippen LogP contribution is -2.13. The Balaban J connectivity index is 1.95. The molecule has 0 aliphatic carbocycles. The highest BCUT2D eigenvalue weighted by atomic mass is 35.5. The van der Waals surface area contributed by atoms with Crippen LogP contribution in [-0.4, -0.2) is 21.1 Å². The van der Waals surface area contributed by atoms with Crippen LogP contribution in [0.15, 0.2) is 30.3 Å². The highest BCUT2D eigenvalue weighted by molar-refractivity contribution is 6.35. The Kier molecular flexibility index (Phi) is 3.40. The van der Waals surface area contributed by atoms with Gasteiger partial charge in [-0.25, -0.2) is 4.98 Å². The van der Waals surface area contributed by atoms with Gasteiger partial charge in [0.15, 0.2) is 5.82 Å². The molecule has 2 aromatic heterocycles. The van der Waals surface area contributed by atoms with Crippen molar-refractivity contribution in [2.75, 3.05) is 11.1 Å². The molecule has 106 valence electrons. The van der Waals surface area contributed by atoms with E-state index in [1.165, 1.54) is 12.1 Å². The van der Waals surface area contributed by atoms with Gasteiger partial charge in [0.05, 0.1) is 10.5 Å². The Morgan fingerprint density at radius 3 is 2.86 bits per heavy atom. The van der Waals surface area contributed by atoms with Crippen molar-refractivity contribution in [3.8, 4) is 0 Å². The zero-order valence-corrected chi connectivity index (χ0v) is 12.0. The van der Waals surface area contributed by atoms with E-state index in [4.69, 9.17) is 28.9 Å². The Morgan fingerprint density at radius 1 is 1.29 bits per heavy atom. The second kappa shape index (κ2) is 5.23. The molecule has 1 aromatic carbocycles. The lowest BCUT2D eigenvalue weighted by Gasteiger charge is -2.04. The summed E-state index contributed by atoms with van der Waals surface area (Å²) in [6, 6.07) is 8.17. The fourth-order valence-electron chi connectivity index (χ4n) is 1.93. The Labute approximate surface area is 129 Å². The monoisotopic (exact) mass is 321 g/mol. The smallest absolute Gasteiger partial charge is 0.257 e. The fourth-order valence-corrected chi connectivity index (χ4v) is 2.36. The summed E-state index contributed by atoms with van der Waals surface area (Å²) in [6.07, 6.45) is 0. The van der Waals surface area contributed by atoms with Gasteiger partial charge in [0.1, 0.15) is 11.0 Å². The number of halogens is 2. The number of carbonyl (C=O) groups excluding carboxylic acids is 1. The van der Waals surface area contributed by atoms with E-state index in [9.17, 15) is 4.79 Å². The van der Waals surface area contributed by atoms with Crippen LogP contribution in [-0.2, 0) is 0 Å². The van der Waals surface area contributed by atoms with Gasteiger partial charge >= 0.3 is 0 Å². The Bertz CT molecular complexity index is 825. The zero-order chi connectivity index (χ0) is 15.0. The van der Waals surface area contributed by atoms with Crippen LogP contribution in [0.3, 0.4) is 0 Å². The third kappa shape index (κ3) is 2.63. The van der Waals surface area contributed by atoms with Crippen LogP contribution in [0.4, 0.5) is 11.6 Å². The van der Waals surface area contributed by atoms with Gasteiger partial charge in [-0.2, -0.15) is 5.10 Å². The van der Waals surface area contributed by atoms with E-state index in [-0.39, 0.29) is 16.9 Å². The molecule has 0 atom stereocenters. The van der Waals surface area contributed by atoms with Gasteiger partial charge in [-0.15, -0.1) is 0 Å². The van der Waals surface area contributed by atoms with Crippen molar-refractivity contribution in [3.05, 3.63) is 46.1 Å². The van der Waals surface area contributed by atoms with E-state index in [2.05, 4.69) is 20.5 Å². The summed E-state index contributed by atoms with van der Waals surface area (Å²) in [5.41, 5.74) is 6.52. The standard InChI is InChI=1S/C13H9Cl2N5O/c14-8-3-1-2-7-11(8)19-20-12(7)18-13(21)6-4-9(15)17-10(16)5-6/h1-5H,(H2,16,17)(H2,18,19,20,21). The summed E-state index contributed by atoms with van der Waals surface area (Å²) in [4.78, 5) is 16.0. The van der Waals surface area contributed by atoms with Crippen molar-refractivity contribution in [1.29, 1.82) is 0 Å². The zero-order valence-electron chi connectivity index (χ0n) is 10.5. The molecule has 0 unspecified atom stereocenters. The number of nitrogens with zero attached hydrogens (tertiary/aromatic N) is 2. The number of hydrogen-bond acceptors (Lipinski definition) is 4. The molecule has 0 saturated carbocycles. The second-order valence-electron chi connectivity index (χ2n) is 4.29. The molecule has 0 bridgehead atoms. The van der Waals surface area contributed by atoms with Gasteiger partial charge in [0, 0.05) is 10.9 Å². The Hall–Kier alpha value is -2.31. The van der Waals surface area contributed by atoms with Gasteiger partial charge in [-0.3, -0.25) is 9.89 Å². The topological polar surface area (TPSA) is 96.7 Å². The first-order valence-electron chi connectivity index (χ1n) is 5.91. The number of rotatable bonds is 2. The van der Waals surface area contributed by atoms with Crippen LogP contribution >= 0.6 is 23.2 Å². The molecule has 21 heavy (non-hydrogen) atoms. The molecule has 0 aliphatic rings. The summed E-state index contributed by atoms with van der Waals surface area (Å²) in [7, 11) is 0. The number of anilines is 2. The number of hydrogen-bond donors (Lipinski definition) is 3. The Morgan fingerprint density at radius 2 is 2.10 bits per heavy atom. The van der Waals surface area contributed by atoms with E-state index in [0.717, 1.165) is 0 Å². The average molecular weight is 322 g/mol. The summed E-state index contributed by atoms with van der Waals surface area (Å²) < 4.78 is 0. The number of para-hydroxylation sites is 1. The highest BCUT2D eigenvalue weighted by Crippen LogP contribution is 2.26. The van der Waals surface area contributed by atoms with Gasteiger partial charge in [-0.05, 0) is 24.3 Å². The predicted molar refractivity (Wildman–Crippen MR) is 82.7 cm³/mol. The van der Waals surface area contributed by atoms with Gasteiger partial charge in [-0.1, -0.05) is 29.3 Å². The minimum atomic E-state index is -0.389. The third-order valence-corrected chi connectivity index (χ3v) is 3.36. The summed E-state index contributed by atoms with van der Waals surface area (Å²) in [5.74, 6) is 0.158. The van der Waals surface area contributed by atoms with E-state index in [1.54, 1.807) is 18.2 Å². The summed E-state index contributed by atoms with van der Waals surface area (Å²) in [5, 5.41) is 10.9. The average Bonchev–Trinajstić information content (AvgIpc) is 2.82. The maximum absolute atomic E-state index is 12.2. The summed E-state index contributed by atoms with van der Waals surface area (Å²) in [6.45, 7) is 0. The third-order valence-electron chi connectivity index (χ3n) is 2.86. The van der Waals surface area contributed by atoms with Crippen LogP contribution in [0.1, 0.15) is 10.4 Å². The molecule has 3 rings (SSSR count). The van der Waals surface area contributed by atoms with Crippen LogP contribution in [0.2, 0.25) is 10.2 Å². The molecule has 0 saturated heterocycles. The minimum Gasteiger partial charge on any atom is -0.384 e. The number of carbonyl (C=O) groups is 1. The molecule has 0 radical (unpaired) electrons. The van der Waals surface area contributed by atoms with Crippen LogP contribution < -0.4 is 11.1 Å². The van der Waals surface area contributed by atoms with E-state index >= 15 is 0 Å². The number of nitrogen functional groups attached to an aromatic ring is 1. The van der Waals surface area contributed by atoms with Crippen molar-refractivity contribution in [2.24, 2.45) is 0 Å². The first-order chi connectivity index (χ1) is 10.0. The van der Waals surface area contributed by atoms with Crippen molar-refractivity contribution < 1.29 is 4.79 Å². The van der Waals surface area contributed by atoms with Gasteiger partial charge < -0.3 is 11.1 Å². The molecule has 4 N–H and O–H groups in total. The number of nitrogens with two attached hydrogens (primary N) is 1. The number of pyridine rings is 1. The first-order valence-corrected chi connectivity index (χ1v) is 6.67. The molecule has 0 aliphatic heterocycles. The van der Waals surface area contributed by atoms with Crippen LogP contribution in [0.25, 0.3) is 10.9 Å². The highest BCUT2D eigenvalue weighted by Gasteiger charge is 2.13. The number of benzene rings is 1. The number of H-pyrrole nitrogens is 1.